The van der Waals surface area contributed by atoms with Gasteiger partial charge in [0.05, 0.1) is 6.54 Å². The van der Waals surface area contributed by atoms with Gasteiger partial charge in [0, 0.05) is 7.11 Å². The second kappa shape index (κ2) is 7.22. The summed E-state index contributed by atoms with van der Waals surface area (Å²) in [5, 5.41) is 20.4. The summed E-state index contributed by atoms with van der Waals surface area (Å²) < 4.78 is 9.72. The lowest BCUT2D eigenvalue weighted by molar-refractivity contribution is -0.148. The first kappa shape index (κ1) is 14.8. The number of carbonyl (C=O) groups excluding carboxylic acids is 1. The normalized spacial score (nSPS) is 11.6. The monoisotopic (exact) mass is 269 g/mol. The molecule has 0 aliphatic carbocycles. The average molecular weight is 269 g/mol. The number of ether oxygens (including phenoxy) is 2. The zero-order valence-corrected chi connectivity index (χ0v) is 10.3. The fourth-order valence-electron chi connectivity index (χ4n) is 1.25. The second-order valence-electron chi connectivity index (χ2n) is 3.62. The maximum Gasteiger partial charge on any atom is 0.334 e. The molecule has 0 bridgehead atoms. The van der Waals surface area contributed by atoms with Crippen LogP contribution >= 0.6 is 0 Å². The van der Waals surface area contributed by atoms with E-state index in [1.807, 2.05) is 0 Å². The van der Waals surface area contributed by atoms with Crippen LogP contribution in [-0.2, 0) is 14.3 Å². The topological polar surface area (TPSA) is 105 Å². The number of aromatic hydroxyl groups is 1. The highest BCUT2D eigenvalue weighted by atomic mass is 16.5. The molecule has 1 rings (SSSR count). The highest BCUT2D eigenvalue weighted by Crippen LogP contribution is 2.23. The van der Waals surface area contributed by atoms with Gasteiger partial charge in [-0.05, 0) is 12.1 Å². The predicted molar refractivity (Wildman–Crippen MR) is 65.0 cm³/mol. The first-order valence-electron chi connectivity index (χ1n) is 5.47. The number of benzene rings is 1. The van der Waals surface area contributed by atoms with Crippen LogP contribution < -0.4 is 10.1 Å². The van der Waals surface area contributed by atoms with E-state index in [9.17, 15) is 14.7 Å². The number of amides is 1. The quantitative estimate of drug-likeness (QED) is 0.643. The third-order valence-corrected chi connectivity index (χ3v) is 2.27. The van der Waals surface area contributed by atoms with Gasteiger partial charge in [0.25, 0.3) is 5.91 Å². The number of phenols is 1. The standard InChI is InChI=1S/C12H15NO6/c1-18-10(12(16)17)6-13-11(15)7-19-9-5-3-2-4-8(9)14/h2-5,10,14H,6-7H2,1H3,(H,13,15)(H,16,17). The number of hydrogen-bond acceptors (Lipinski definition) is 5. The molecule has 1 aromatic rings. The highest BCUT2D eigenvalue weighted by molar-refractivity contribution is 5.79. The Morgan fingerprint density at radius 3 is 2.63 bits per heavy atom. The Morgan fingerprint density at radius 1 is 1.37 bits per heavy atom. The molecule has 7 nitrogen and oxygen atoms in total. The molecule has 0 aliphatic heterocycles. The van der Waals surface area contributed by atoms with E-state index in [1.54, 1.807) is 12.1 Å². The summed E-state index contributed by atoms with van der Waals surface area (Å²) in [6, 6.07) is 6.22. The van der Waals surface area contributed by atoms with Gasteiger partial charge >= 0.3 is 5.97 Å². The fraction of sp³-hybridized carbons (Fsp3) is 0.333. The Kier molecular flexibility index (Phi) is 5.62. The van der Waals surface area contributed by atoms with E-state index in [0.717, 1.165) is 0 Å². The van der Waals surface area contributed by atoms with Crippen molar-refractivity contribution < 1.29 is 29.3 Å². The lowest BCUT2D eigenvalue weighted by atomic mass is 10.3. The molecule has 0 saturated heterocycles. The number of hydrogen-bond donors (Lipinski definition) is 3. The number of rotatable bonds is 7. The minimum Gasteiger partial charge on any atom is -0.504 e. The average Bonchev–Trinajstić information content (AvgIpc) is 2.38. The number of para-hydroxylation sites is 2. The number of aliphatic carboxylic acids is 1. The van der Waals surface area contributed by atoms with Crippen molar-refractivity contribution in [1.29, 1.82) is 0 Å². The zero-order chi connectivity index (χ0) is 14.3. The van der Waals surface area contributed by atoms with Gasteiger partial charge in [-0.25, -0.2) is 4.79 Å². The molecule has 0 aromatic heterocycles. The summed E-state index contributed by atoms with van der Waals surface area (Å²) in [7, 11) is 1.24. The summed E-state index contributed by atoms with van der Waals surface area (Å²) in [5.74, 6) is -1.56. The zero-order valence-electron chi connectivity index (χ0n) is 10.3. The predicted octanol–water partition coefficient (Wildman–Crippen LogP) is -0.0132. The van der Waals surface area contributed by atoms with Gasteiger partial charge in [-0.1, -0.05) is 12.1 Å². The molecule has 0 heterocycles. The molecule has 104 valence electrons. The van der Waals surface area contributed by atoms with Crippen LogP contribution in [0.4, 0.5) is 0 Å². The van der Waals surface area contributed by atoms with Gasteiger partial charge < -0.3 is 25.0 Å². The van der Waals surface area contributed by atoms with Crippen molar-refractivity contribution in [3.05, 3.63) is 24.3 Å². The number of carboxylic acids is 1. The number of methoxy groups -OCH3 is 1. The molecule has 0 fully saturated rings. The smallest absolute Gasteiger partial charge is 0.334 e. The Morgan fingerprint density at radius 2 is 2.05 bits per heavy atom. The molecular formula is C12H15NO6. The summed E-state index contributed by atoms with van der Waals surface area (Å²) in [6.07, 6.45) is -1.10. The minimum atomic E-state index is -1.16. The Labute approximate surface area is 109 Å². The largest absolute Gasteiger partial charge is 0.504 e. The van der Waals surface area contributed by atoms with E-state index in [2.05, 4.69) is 10.1 Å². The van der Waals surface area contributed by atoms with Crippen LogP contribution in [0.5, 0.6) is 11.5 Å². The molecule has 1 amide bonds. The highest BCUT2D eigenvalue weighted by Gasteiger charge is 2.17. The summed E-state index contributed by atoms with van der Waals surface area (Å²) >= 11 is 0. The van der Waals surface area contributed by atoms with E-state index in [1.165, 1.54) is 19.2 Å². The molecule has 19 heavy (non-hydrogen) atoms. The second-order valence-corrected chi connectivity index (χ2v) is 3.62. The number of phenolic OH excluding ortho intramolecular Hbond substituents is 1. The molecule has 1 unspecified atom stereocenters. The van der Waals surface area contributed by atoms with E-state index in [4.69, 9.17) is 9.84 Å². The van der Waals surface area contributed by atoms with Crippen LogP contribution in [0, 0.1) is 0 Å². The summed E-state index contributed by atoms with van der Waals surface area (Å²) in [5.41, 5.74) is 0. The molecule has 1 atom stereocenters. The molecule has 0 radical (unpaired) electrons. The van der Waals surface area contributed by atoms with Crippen LogP contribution in [0.2, 0.25) is 0 Å². The van der Waals surface area contributed by atoms with Gasteiger partial charge in [-0.15, -0.1) is 0 Å². The van der Waals surface area contributed by atoms with Crippen LogP contribution in [0.25, 0.3) is 0 Å². The molecular weight excluding hydrogens is 254 g/mol. The van der Waals surface area contributed by atoms with Crippen LogP contribution in [0.3, 0.4) is 0 Å². The third kappa shape index (κ3) is 4.84. The van der Waals surface area contributed by atoms with Gasteiger partial charge in [0.1, 0.15) is 0 Å². The van der Waals surface area contributed by atoms with Crippen molar-refractivity contribution in [1.82, 2.24) is 5.32 Å². The van der Waals surface area contributed by atoms with Gasteiger partial charge in [-0.3, -0.25) is 4.79 Å². The molecule has 1 aromatic carbocycles. The molecule has 3 N–H and O–H groups in total. The van der Waals surface area contributed by atoms with Crippen molar-refractivity contribution in [2.75, 3.05) is 20.3 Å². The van der Waals surface area contributed by atoms with Crippen molar-refractivity contribution in [3.8, 4) is 11.5 Å². The van der Waals surface area contributed by atoms with Crippen LogP contribution in [0.1, 0.15) is 0 Å². The van der Waals surface area contributed by atoms with Gasteiger partial charge in [0.2, 0.25) is 0 Å². The van der Waals surface area contributed by atoms with Crippen molar-refractivity contribution in [2.24, 2.45) is 0 Å². The lowest BCUT2D eigenvalue weighted by Crippen LogP contribution is -2.39. The fourth-order valence-corrected chi connectivity index (χ4v) is 1.25. The van der Waals surface area contributed by atoms with E-state index >= 15 is 0 Å². The third-order valence-electron chi connectivity index (χ3n) is 2.27. The summed E-state index contributed by atoms with van der Waals surface area (Å²) in [6.45, 7) is -0.484. The van der Waals surface area contributed by atoms with Crippen LogP contribution in [-0.4, -0.2) is 48.5 Å². The van der Waals surface area contributed by atoms with Crippen LogP contribution in [0.15, 0.2) is 24.3 Å². The SMILES string of the molecule is COC(CNC(=O)COc1ccccc1O)C(=O)O. The summed E-state index contributed by atoms with van der Waals surface area (Å²) in [4.78, 5) is 22.0. The molecule has 0 spiro atoms. The van der Waals surface area contributed by atoms with Gasteiger partial charge in [-0.2, -0.15) is 0 Å². The Hall–Kier alpha value is -2.28. The first-order valence-corrected chi connectivity index (χ1v) is 5.47. The van der Waals surface area contributed by atoms with E-state index < -0.39 is 18.0 Å². The number of nitrogens with one attached hydrogen (secondary N) is 1. The van der Waals surface area contributed by atoms with Crippen molar-refractivity contribution >= 4 is 11.9 Å². The molecule has 0 aliphatic rings. The Balaban J connectivity index is 2.36. The van der Waals surface area contributed by atoms with Crippen molar-refractivity contribution in [3.63, 3.8) is 0 Å². The minimum absolute atomic E-state index is 0.0735. The maximum absolute atomic E-state index is 11.4. The molecule has 7 heteroatoms. The molecule has 0 saturated carbocycles. The number of carbonyl (C=O) groups is 2. The maximum atomic E-state index is 11.4. The first-order chi connectivity index (χ1) is 9.04. The van der Waals surface area contributed by atoms with Gasteiger partial charge in [0.15, 0.2) is 24.2 Å². The van der Waals surface area contributed by atoms with Crippen molar-refractivity contribution in [2.45, 2.75) is 6.10 Å². The Bertz CT molecular complexity index is 448. The van der Waals surface area contributed by atoms with E-state index in [0.29, 0.717) is 0 Å². The number of carboxylic acid groups (broad SMARTS) is 1. The lowest BCUT2D eigenvalue weighted by Gasteiger charge is -2.12. The van der Waals surface area contributed by atoms with E-state index in [-0.39, 0.29) is 24.7 Å².